The van der Waals surface area contributed by atoms with Crippen LogP contribution in [0.3, 0.4) is 0 Å². The quantitative estimate of drug-likeness (QED) is 0.736. The van der Waals surface area contributed by atoms with Crippen molar-refractivity contribution in [2.75, 3.05) is 39.3 Å². The van der Waals surface area contributed by atoms with E-state index in [9.17, 15) is 18.0 Å². The minimum Gasteiger partial charge on any atom is -0.342 e. The Labute approximate surface area is 154 Å². The third kappa shape index (κ3) is 4.07. The van der Waals surface area contributed by atoms with Crippen molar-refractivity contribution in [2.24, 2.45) is 0 Å². The molecule has 142 valence electrons. The molecule has 0 atom stereocenters. The summed E-state index contributed by atoms with van der Waals surface area (Å²) in [7, 11) is -3.58. The number of benzene rings is 1. The second-order valence-electron chi connectivity index (χ2n) is 6.78. The molecule has 0 aromatic heterocycles. The van der Waals surface area contributed by atoms with E-state index in [0.717, 1.165) is 32.1 Å². The standard InChI is InChI=1S/C18H25N3O4S/c22-15-19-10-12-20(13-11-19)18(23)16-6-5-7-17(14-16)26(24,25)21-8-3-1-2-4-9-21/h5-7,14-15H,1-4,8-13H2. The number of nitrogens with zero attached hydrogens (tertiary/aromatic N) is 3. The average Bonchev–Trinajstić information content (AvgIpc) is 2.98. The van der Waals surface area contributed by atoms with E-state index in [4.69, 9.17) is 0 Å². The molecule has 2 heterocycles. The van der Waals surface area contributed by atoms with Crippen LogP contribution in [0.2, 0.25) is 0 Å². The number of carbonyl (C=O) groups is 2. The first-order chi connectivity index (χ1) is 12.5. The first kappa shape index (κ1) is 18.8. The molecule has 8 heteroatoms. The predicted molar refractivity (Wildman–Crippen MR) is 97.2 cm³/mol. The maximum atomic E-state index is 12.9. The first-order valence-electron chi connectivity index (χ1n) is 9.11. The minimum absolute atomic E-state index is 0.178. The number of piperazine rings is 1. The number of rotatable bonds is 4. The van der Waals surface area contributed by atoms with Crippen LogP contribution in [0.4, 0.5) is 0 Å². The molecule has 0 N–H and O–H groups in total. The van der Waals surface area contributed by atoms with Crippen molar-refractivity contribution in [3.63, 3.8) is 0 Å². The highest BCUT2D eigenvalue weighted by Gasteiger charge is 2.27. The van der Waals surface area contributed by atoms with Crippen LogP contribution in [0.15, 0.2) is 29.2 Å². The normalized spacial score (nSPS) is 19.8. The van der Waals surface area contributed by atoms with E-state index in [1.54, 1.807) is 28.0 Å². The largest absolute Gasteiger partial charge is 0.342 e. The maximum absolute atomic E-state index is 12.9. The van der Waals surface area contributed by atoms with Crippen LogP contribution in [0, 0.1) is 0 Å². The van der Waals surface area contributed by atoms with Crippen LogP contribution in [-0.2, 0) is 14.8 Å². The van der Waals surface area contributed by atoms with Crippen LogP contribution in [0.1, 0.15) is 36.0 Å². The Kier molecular flexibility index (Phi) is 5.93. The molecule has 1 aromatic rings. The molecule has 2 aliphatic heterocycles. The lowest BCUT2D eigenvalue weighted by atomic mass is 10.2. The van der Waals surface area contributed by atoms with Crippen molar-refractivity contribution in [3.8, 4) is 0 Å². The maximum Gasteiger partial charge on any atom is 0.254 e. The number of hydrogen-bond acceptors (Lipinski definition) is 4. The molecular weight excluding hydrogens is 354 g/mol. The zero-order valence-electron chi connectivity index (χ0n) is 14.8. The first-order valence-corrected chi connectivity index (χ1v) is 10.6. The van der Waals surface area contributed by atoms with Crippen LogP contribution >= 0.6 is 0 Å². The number of hydrogen-bond donors (Lipinski definition) is 0. The molecule has 3 rings (SSSR count). The topological polar surface area (TPSA) is 78.0 Å². The van der Waals surface area contributed by atoms with Crippen LogP contribution < -0.4 is 0 Å². The van der Waals surface area contributed by atoms with Gasteiger partial charge in [-0.3, -0.25) is 9.59 Å². The Morgan fingerprint density at radius 1 is 0.923 bits per heavy atom. The average molecular weight is 379 g/mol. The lowest BCUT2D eigenvalue weighted by Gasteiger charge is -2.32. The fraction of sp³-hybridized carbons (Fsp3) is 0.556. The monoisotopic (exact) mass is 379 g/mol. The van der Waals surface area contributed by atoms with Gasteiger partial charge in [-0.25, -0.2) is 8.42 Å². The van der Waals surface area contributed by atoms with E-state index in [2.05, 4.69) is 0 Å². The summed E-state index contributed by atoms with van der Waals surface area (Å²) < 4.78 is 27.4. The summed E-state index contributed by atoms with van der Waals surface area (Å²) in [5.41, 5.74) is 0.375. The molecule has 0 radical (unpaired) electrons. The van der Waals surface area contributed by atoms with Gasteiger partial charge >= 0.3 is 0 Å². The smallest absolute Gasteiger partial charge is 0.254 e. The fourth-order valence-corrected chi connectivity index (χ4v) is 5.00. The summed E-state index contributed by atoms with van der Waals surface area (Å²) >= 11 is 0. The molecule has 7 nitrogen and oxygen atoms in total. The highest BCUT2D eigenvalue weighted by Crippen LogP contribution is 2.22. The molecule has 0 saturated carbocycles. The van der Waals surface area contributed by atoms with Gasteiger partial charge in [-0.1, -0.05) is 18.9 Å². The van der Waals surface area contributed by atoms with E-state index in [1.807, 2.05) is 0 Å². The molecule has 0 bridgehead atoms. The van der Waals surface area contributed by atoms with E-state index < -0.39 is 10.0 Å². The van der Waals surface area contributed by atoms with Gasteiger partial charge in [0.2, 0.25) is 16.4 Å². The zero-order chi connectivity index (χ0) is 18.6. The number of carbonyl (C=O) groups excluding carboxylic acids is 2. The van der Waals surface area contributed by atoms with Gasteiger partial charge in [0.15, 0.2) is 0 Å². The second-order valence-corrected chi connectivity index (χ2v) is 8.72. The van der Waals surface area contributed by atoms with Gasteiger partial charge in [-0.2, -0.15) is 4.31 Å². The number of amides is 2. The van der Waals surface area contributed by atoms with Gasteiger partial charge in [0, 0.05) is 44.8 Å². The van der Waals surface area contributed by atoms with Gasteiger partial charge in [-0.05, 0) is 31.0 Å². The molecule has 1 aromatic carbocycles. The summed E-state index contributed by atoms with van der Waals surface area (Å²) in [6.07, 6.45) is 4.64. The molecule has 0 unspecified atom stereocenters. The molecule has 0 aliphatic carbocycles. The van der Waals surface area contributed by atoms with Crippen molar-refractivity contribution in [1.29, 1.82) is 0 Å². The highest BCUT2D eigenvalue weighted by molar-refractivity contribution is 7.89. The van der Waals surface area contributed by atoms with Crippen LogP contribution in [-0.4, -0.2) is 74.1 Å². The Bertz CT molecular complexity index is 749. The molecule has 2 fully saturated rings. The summed E-state index contributed by atoms with van der Waals surface area (Å²) in [5.74, 6) is -0.191. The molecule has 0 spiro atoms. The third-order valence-corrected chi connectivity index (χ3v) is 6.93. The van der Waals surface area contributed by atoms with Crippen molar-refractivity contribution in [3.05, 3.63) is 29.8 Å². The summed E-state index contributed by atoms with van der Waals surface area (Å²) in [5, 5.41) is 0. The van der Waals surface area contributed by atoms with Gasteiger partial charge in [0.1, 0.15) is 0 Å². The predicted octanol–water partition coefficient (Wildman–Crippen LogP) is 1.17. The van der Waals surface area contributed by atoms with Crippen LogP contribution in [0.25, 0.3) is 0 Å². The zero-order valence-corrected chi connectivity index (χ0v) is 15.7. The lowest BCUT2D eigenvalue weighted by Crippen LogP contribution is -2.48. The summed E-state index contributed by atoms with van der Waals surface area (Å²) in [4.78, 5) is 27.0. The lowest BCUT2D eigenvalue weighted by molar-refractivity contribution is -0.119. The SMILES string of the molecule is O=CN1CCN(C(=O)c2cccc(S(=O)(=O)N3CCCCCC3)c2)CC1. The molecule has 2 saturated heterocycles. The van der Waals surface area contributed by atoms with Crippen LogP contribution in [0.5, 0.6) is 0 Å². The van der Waals surface area contributed by atoms with E-state index >= 15 is 0 Å². The van der Waals surface area contributed by atoms with Crippen molar-refractivity contribution in [2.45, 2.75) is 30.6 Å². The van der Waals surface area contributed by atoms with Crippen molar-refractivity contribution in [1.82, 2.24) is 14.1 Å². The Hall–Kier alpha value is -1.93. The molecule has 2 amide bonds. The van der Waals surface area contributed by atoms with Crippen molar-refractivity contribution >= 4 is 22.3 Å². The van der Waals surface area contributed by atoms with Gasteiger partial charge < -0.3 is 9.80 Å². The van der Waals surface area contributed by atoms with Crippen molar-refractivity contribution < 1.29 is 18.0 Å². The van der Waals surface area contributed by atoms with Gasteiger partial charge in [0.25, 0.3) is 5.91 Å². The minimum atomic E-state index is -3.58. The van der Waals surface area contributed by atoms with Gasteiger partial charge in [-0.15, -0.1) is 0 Å². The van der Waals surface area contributed by atoms with E-state index in [0.29, 0.717) is 44.8 Å². The third-order valence-electron chi connectivity index (χ3n) is 5.03. The molecule has 2 aliphatic rings. The highest BCUT2D eigenvalue weighted by atomic mass is 32.2. The van der Waals surface area contributed by atoms with Gasteiger partial charge in [0.05, 0.1) is 4.90 Å². The van der Waals surface area contributed by atoms with E-state index in [1.165, 1.54) is 10.4 Å². The Morgan fingerprint density at radius 2 is 1.58 bits per heavy atom. The second kappa shape index (κ2) is 8.18. The molecular formula is C18H25N3O4S. The van der Waals surface area contributed by atoms with E-state index in [-0.39, 0.29) is 10.8 Å². The number of sulfonamides is 1. The summed E-state index contributed by atoms with van der Waals surface area (Å²) in [6.45, 7) is 2.99. The Morgan fingerprint density at radius 3 is 2.19 bits per heavy atom. The fourth-order valence-electron chi connectivity index (χ4n) is 3.43. The Balaban J connectivity index is 1.77. The molecule has 26 heavy (non-hydrogen) atoms. The summed E-state index contributed by atoms with van der Waals surface area (Å²) in [6, 6.07) is 6.31.